The highest BCUT2D eigenvalue weighted by molar-refractivity contribution is 9.10. The van der Waals surface area contributed by atoms with Gasteiger partial charge in [0.15, 0.2) is 11.6 Å². The minimum Gasteiger partial charge on any atom is -0.327 e. The van der Waals surface area contributed by atoms with Crippen LogP contribution in [0, 0.1) is 11.6 Å². The lowest BCUT2D eigenvalue weighted by atomic mass is 10.2. The summed E-state index contributed by atoms with van der Waals surface area (Å²) in [5.74, 6) is -1.74. The van der Waals surface area contributed by atoms with E-state index < -0.39 is 11.6 Å². The highest BCUT2D eigenvalue weighted by atomic mass is 79.9. The van der Waals surface area contributed by atoms with Gasteiger partial charge in [0.1, 0.15) is 0 Å². The van der Waals surface area contributed by atoms with E-state index in [-0.39, 0.29) is 4.47 Å². The normalized spacial score (nSPS) is 11.1. The van der Waals surface area contributed by atoms with Crippen molar-refractivity contribution in [1.82, 2.24) is 0 Å². The summed E-state index contributed by atoms with van der Waals surface area (Å²) < 4.78 is 25.7. The summed E-state index contributed by atoms with van der Waals surface area (Å²) >= 11 is 2.91. The Balaban J connectivity index is 3.06. The van der Waals surface area contributed by atoms with Crippen LogP contribution in [0.4, 0.5) is 8.78 Å². The third kappa shape index (κ3) is 2.60. The molecule has 0 aliphatic rings. The number of hydrogen-bond acceptors (Lipinski definition) is 1. The summed E-state index contributed by atoms with van der Waals surface area (Å²) in [6.07, 6.45) is 3.30. The number of halogens is 3. The molecular formula is C9H8BrF2N. The van der Waals surface area contributed by atoms with Crippen molar-refractivity contribution in [3.05, 3.63) is 39.9 Å². The van der Waals surface area contributed by atoms with E-state index in [0.29, 0.717) is 12.1 Å². The molecule has 1 aromatic rings. The van der Waals surface area contributed by atoms with E-state index in [1.807, 2.05) is 0 Å². The number of nitrogens with two attached hydrogens (primary N) is 1. The van der Waals surface area contributed by atoms with Gasteiger partial charge in [0, 0.05) is 6.54 Å². The van der Waals surface area contributed by atoms with Gasteiger partial charge in [-0.3, -0.25) is 0 Å². The lowest BCUT2D eigenvalue weighted by Gasteiger charge is -1.98. The van der Waals surface area contributed by atoms with Crippen molar-refractivity contribution in [3.8, 4) is 0 Å². The van der Waals surface area contributed by atoms with Gasteiger partial charge in [-0.15, -0.1) is 0 Å². The Labute approximate surface area is 83.4 Å². The highest BCUT2D eigenvalue weighted by Crippen LogP contribution is 2.20. The molecular weight excluding hydrogens is 240 g/mol. The summed E-state index contributed by atoms with van der Waals surface area (Å²) in [5.41, 5.74) is 5.80. The second-order valence-electron chi connectivity index (χ2n) is 2.44. The van der Waals surface area contributed by atoms with Crippen LogP contribution in [0.1, 0.15) is 5.56 Å². The maximum absolute atomic E-state index is 12.8. The molecule has 2 N–H and O–H groups in total. The molecule has 0 saturated carbocycles. The zero-order valence-electron chi connectivity index (χ0n) is 6.73. The first-order valence-electron chi connectivity index (χ1n) is 3.66. The number of hydrogen-bond donors (Lipinski definition) is 1. The van der Waals surface area contributed by atoms with E-state index in [2.05, 4.69) is 15.9 Å². The lowest BCUT2D eigenvalue weighted by molar-refractivity contribution is 0.504. The van der Waals surface area contributed by atoms with Crippen LogP contribution in [0.15, 0.2) is 22.7 Å². The van der Waals surface area contributed by atoms with Crippen molar-refractivity contribution >= 4 is 22.0 Å². The van der Waals surface area contributed by atoms with Crippen LogP contribution in [0.3, 0.4) is 0 Å². The van der Waals surface area contributed by atoms with Crippen molar-refractivity contribution in [2.45, 2.75) is 0 Å². The van der Waals surface area contributed by atoms with E-state index in [9.17, 15) is 8.78 Å². The average molecular weight is 248 g/mol. The molecule has 0 aliphatic heterocycles. The molecule has 0 atom stereocenters. The van der Waals surface area contributed by atoms with Gasteiger partial charge in [0.25, 0.3) is 0 Å². The molecule has 0 aliphatic carbocycles. The Hall–Kier alpha value is -0.740. The zero-order chi connectivity index (χ0) is 9.84. The molecule has 1 nitrogen and oxygen atoms in total. The van der Waals surface area contributed by atoms with Gasteiger partial charge in [-0.05, 0) is 33.6 Å². The molecule has 13 heavy (non-hydrogen) atoms. The fourth-order valence-electron chi connectivity index (χ4n) is 0.875. The van der Waals surface area contributed by atoms with Crippen LogP contribution >= 0.6 is 15.9 Å². The molecule has 0 aromatic heterocycles. The third-order valence-electron chi connectivity index (χ3n) is 1.45. The average Bonchev–Trinajstić information content (AvgIpc) is 2.10. The van der Waals surface area contributed by atoms with Gasteiger partial charge < -0.3 is 5.73 Å². The van der Waals surface area contributed by atoms with E-state index >= 15 is 0 Å². The Morgan fingerprint density at radius 3 is 2.62 bits per heavy atom. The quantitative estimate of drug-likeness (QED) is 0.800. The SMILES string of the molecule is NC/C=C/c1cc(F)c(F)c(Br)c1. The van der Waals surface area contributed by atoms with Gasteiger partial charge in [0.2, 0.25) is 0 Å². The smallest absolute Gasteiger partial charge is 0.173 e. The van der Waals surface area contributed by atoms with Crippen molar-refractivity contribution in [1.29, 1.82) is 0 Å². The number of rotatable bonds is 2. The second-order valence-corrected chi connectivity index (χ2v) is 3.29. The third-order valence-corrected chi connectivity index (χ3v) is 2.03. The van der Waals surface area contributed by atoms with Gasteiger partial charge in [-0.1, -0.05) is 12.2 Å². The first kappa shape index (κ1) is 10.3. The second kappa shape index (κ2) is 4.48. The molecule has 4 heteroatoms. The molecule has 0 amide bonds. The fourth-order valence-corrected chi connectivity index (χ4v) is 1.33. The number of benzene rings is 1. The van der Waals surface area contributed by atoms with Crippen molar-refractivity contribution < 1.29 is 8.78 Å². The van der Waals surface area contributed by atoms with Crippen molar-refractivity contribution in [3.63, 3.8) is 0 Å². The minimum atomic E-state index is -0.870. The first-order valence-corrected chi connectivity index (χ1v) is 4.45. The summed E-state index contributed by atoms with van der Waals surface area (Å²) in [6.45, 7) is 0.372. The largest absolute Gasteiger partial charge is 0.327 e. The molecule has 0 radical (unpaired) electrons. The van der Waals surface area contributed by atoms with Gasteiger partial charge >= 0.3 is 0 Å². The standard InChI is InChI=1S/C9H8BrF2N/c10-7-4-6(2-1-3-13)5-8(11)9(7)12/h1-2,4-5H,3,13H2/b2-1+. The highest BCUT2D eigenvalue weighted by Gasteiger charge is 2.06. The topological polar surface area (TPSA) is 26.0 Å². The van der Waals surface area contributed by atoms with E-state index in [1.165, 1.54) is 6.07 Å². The van der Waals surface area contributed by atoms with Gasteiger partial charge in [0.05, 0.1) is 4.47 Å². The monoisotopic (exact) mass is 247 g/mol. The van der Waals surface area contributed by atoms with Crippen LogP contribution in [0.25, 0.3) is 6.08 Å². The zero-order valence-corrected chi connectivity index (χ0v) is 8.31. The molecule has 1 aromatic carbocycles. The molecule has 0 fully saturated rings. The van der Waals surface area contributed by atoms with Crippen LogP contribution in [-0.2, 0) is 0 Å². The molecule has 1 rings (SSSR count). The Kier molecular flexibility index (Phi) is 3.57. The Bertz CT molecular complexity index is 313. The van der Waals surface area contributed by atoms with E-state index in [0.717, 1.165) is 6.07 Å². The van der Waals surface area contributed by atoms with E-state index in [1.54, 1.807) is 12.2 Å². The van der Waals surface area contributed by atoms with Crippen LogP contribution in [0.2, 0.25) is 0 Å². The molecule has 0 unspecified atom stereocenters. The Morgan fingerprint density at radius 2 is 2.08 bits per heavy atom. The molecule has 70 valence electrons. The van der Waals surface area contributed by atoms with Crippen LogP contribution < -0.4 is 5.73 Å². The minimum absolute atomic E-state index is 0.115. The first-order chi connectivity index (χ1) is 6.15. The van der Waals surface area contributed by atoms with Gasteiger partial charge in [-0.25, -0.2) is 8.78 Å². The van der Waals surface area contributed by atoms with E-state index in [4.69, 9.17) is 5.73 Å². The Morgan fingerprint density at radius 1 is 1.38 bits per heavy atom. The van der Waals surface area contributed by atoms with Crippen molar-refractivity contribution in [2.75, 3.05) is 6.54 Å². The maximum Gasteiger partial charge on any atom is 0.173 e. The predicted octanol–water partition coefficient (Wildman–Crippen LogP) is 2.70. The predicted molar refractivity (Wildman–Crippen MR) is 52.1 cm³/mol. The molecule has 0 bridgehead atoms. The maximum atomic E-state index is 12.8. The lowest BCUT2D eigenvalue weighted by Crippen LogP contribution is -1.92. The summed E-state index contributed by atoms with van der Waals surface area (Å²) in [5, 5.41) is 0. The molecule has 0 spiro atoms. The van der Waals surface area contributed by atoms with Crippen LogP contribution in [0.5, 0.6) is 0 Å². The van der Waals surface area contributed by atoms with Crippen LogP contribution in [-0.4, -0.2) is 6.54 Å². The molecule has 0 heterocycles. The summed E-state index contributed by atoms with van der Waals surface area (Å²) in [4.78, 5) is 0. The molecule has 0 saturated heterocycles. The summed E-state index contributed by atoms with van der Waals surface area (Å²) in [7, 11) is 0. The fraction of sp³-hybridized carbons (Fsp3) is 0.111. The van der Waals surface area contributed by atoms with Crippen molar-refractivity contribution in [2.24, 2.45) is 5.73 Å². The van der Waals surface area contributed by atoms with Gasteiger partial charge in [-0.2, -0.15) is 0 Å². The summed E-state index contributed by atoms with van der Waals surface area (Å²) in [6, 6.07) is 2.61.